The Labute approximate surface area is 182 Å². The molecule has 3 aromatic rings. The number of anilines is 2. The van der Waals surface area contributed by atoms with E-state index in [4.69, 9.17) is 25.5 Å². The fourth-order valence-corrected chi connectivity index (χ4v) is 2.89. The van der Waals surface area contributed by atoms with Gasteiger partial charge in [0.1, 0.15) is 28.5 Å². The van der Waals surface area contributed by atoms with Crippen LogP contribution in [-0.4, -0.2) is 35.6 Å². The van der Waals surface area contributed by atoms with Crippen LogP contribution in [0, 0.1) is 18.3 Å². The molecular formula is C21H17ClN4O5. The van der Waals surface area contributed by atoms with Crippen LogP contribution in [0.5, 0.6) is 0 Å². The van der Waals surface area contributed by atoms with Gasteiger partial charge >= 0.3 is 11.9 Å². The Kier molecular flexibility index (Phi) is 6.52. The van der Waals surface area contributed by atoms with Gasteiger partial charge in [0.05, 0.1) is 13.7 Å². The molecule has 0 fully saturated rings. The van der Waals surface area contributed by atoms with E-state index < -0.39 is 11.9 Å². The summed E-state index contributed by atoms with van der Waals surface area (Å²) in [6, 6.07) is 8.72. The number of hydrogen-bond donors (Lipinski definition) is 1. The maximum atomic E-state index is 12.4. The van der Waals surface area contributed by atoms with Crippen LogP contribution in [0.3, 0.4) is 0 Å². The number of benzene rings is 1. The number of esters is 2. The van der Waals surface area contributed by atoms with E-state index in [2.05, 4.69) is 15.3 Å². The number of aromatic nitrogens is 2. The van der Waals surface area contributed by atoms with Crippen molar-refractivity contribution in [2.45, 2.75) is 13.8 Å². The lowest BCUT2D eigenvalue weighted by Gasteiger charge is -2.11. The summed E-state index contributed by atoms with van der Waals surface area (Å²) in [6.07, 6.45) is 1.31. The van der Waals surface area contributed by atoms with Crippen LogP contribution in [0.25, 0.3) is 11.4 Å². The SMILES string of the molecule is CCOC(=O)c1cnc(-c2ccc(Cl)cc2)nc1Nc1oc(C)c(C(=O)OC)c1C#N. The largest absolute Gasteiger partial charge is 0.465 e. The molecule has 1 N–H and O–H groups in total. The van der Waals surface area contributed by atoms with Gasteiger partial charge in [-0.1, -0.05) is 11.6 Å². The van der Waals surface area contributed by atoms with E-state index in [1.165, 1.54) is 20.2 Å². The summed E-state index contributed by atoms with van der Waals surface area (Å²) in [5, 5.41) is 12.9. The van der Waals surface area contributed by atoms with Crippen molar-refractivity contribution in [1.29, 1.82) is 5.26 Å². The third kappa shape index (κ3) is 4.49. The van der Waals surface area contributed by atoms with Crippen molar-refractivity contribution >= 4 is 35.2 Å². The molecule has 0 radical (unpaired) electrons. The van der Waals surface area contributed by atoms with Gasteiger partial charge < -0.3 is 19.2 Å². The summed E-state index contributed by atoms with van der Waals surface area (Å²) < 4.78 is 15.3. The van der Waals surface area contributed by atoms with Crippen molar-refractivity contribution in [1.82, 2.24) is 9.97 Å². The number of rotatable bonds is 6. The van der Waals surface area contributed by atoms with Crippen LogP contribution in [0.1, 0.15) is 39.0 Å². The smallest absolute Gasteiger partial charge is 0.343 e. The van der Waals surface area contributed by atoms with E-state index in [9.17, 15) is 14.9 Å². The lowest BCUT2D eigenvalue weighted by atomic mass is 10.1. The Bertz CT molecular complexity index is 1180. The fraction of sp³-hybridized carbons (Fsp3) is 0.190. The number of halogens is 1. The zero-order chi connectivity index (χ0) is 22.5. The Hall–Kier alpha value is -3.90. The van der Waals surface area contributed by atoms with Gasteiger partial charge in [-0.25, -0.2) is 19.6 Å². The predicted molar refractivity (Wildman–Crippen MR) is 111 cm³/mol. The molecule has 158 valence electrons. The van der Waals surface area contributed by atoms with Crippen molar-refractivity contribution in [3.63, 3.8) is 0 Å². The molecule has 0 aliphatic rings. The number of aryl methyl sites for hydroxylation is 1. The summed E-state index contributed by atoms with van der Waals surface area (Å²) in [4.78, 5) is 33.1. The number of hydrogen-bond acceptors (Lipinski definition) is 9. The third-order valence-corrected chi connectivity index (χ3v) is 4.46. The molecule has 0 spiro atoms. The molecule has 0 unspecified atom stereocenters. The first-order valence-corrected chi connectivity index (χ1v) is 9.46. The predicted octanol–water partition coefficient (Wildman–Crippen LogP) is 4.28. The Morgan fingerprint density at radius 1 is 1.26 bits per heavy atom. The molecule has 3 rings (SSSR count). The molecule has 2 heterocycles. The van der Waals surface area contributed by atoms with Crippen molar-refractivity contribution < 1.29 is 23.5 Å². The molecule has 10 heteroatoms. The number of nitrogens with one attached hydrogen (secondary N) is 1. The highest BCUT2D eigenvalue weighted by atomic mass is 35.5. The molecular weight excluding hydrogens is 424 g/mol. The number of furan rings is 1. The molecule has 0 saturated carbocycles. The molecule has 31 heavy (non-hydrogen) atoms. The number of methoxy groups -OCH3 is 1. The van der Waals surface area contributed by atoms with Crippen molar-refractivity contribution in [3.8, 4) is 17.5 Å². The number of ether oxygens (including phenoxy) is 2. The highest BCUT2D eigenvalue weighted by Gasteiger charge is 2.26. The van der Waals surface area contributed by atoms with Gasteiger partial charge in [0.25, 0.3) is 0 Å². The summed E-state index contributed by atoms with van der Waals surface area (Å²) in [6.45, 7) is 3.33. The summed E-state index contributed by atoms with van der Waals surface area (Å²) in [5.74, 6) is -0.937. The summed E-state index contributed by atoms with van der Waals surface area (Å²) in [7, 11) is 1.20. The number of carbonyl (C=O) groups is 2. The summed E-state index contributed by atoms with van der Waals surface area (Å²) in [5.41, 5.74) is 0.578. The average Bonchev–Trinajstić information content (AvgIpc) is 3.08. The van der Waals surface area contributed by atoms with Gasteiger partial charge in [0, 0.05) is 16.8 Å². The zero-order valence-electron chi connectivity index (χ0n) is 16.9. The number of carbonyl (C=O) groups excluding carboxylic acids is 2. The van der Waals surface area contributed by atoms with Gasteiger partial charge in [-0.15, -0.1) is 0 Å². The normalized spacial score (nSPS) is 10.3. The molecule has 2 aromatic heterocycles. The first kappa shape index (κ1) is 21.8. The molecule has 9 nitrogen and oxygen atoms in total. The minimum atomic E-state index is -0.721. The molecule has 0 aliphatic heterocycles. The van der Waals surface area contributed by atoms with Crippen LogP contribution < -0.4 is 5.32 Å². The Morgan fingerprint density at radius 2 is 1.97 bits per heavy atom. The van der Waals surface area contributed by atoms with E-state index in [0.29, 0.717) is 16.4 Å². The van der Waals surface area contributed by atoms with Gasteiger partial charge in [0.15, 0.2) is 11.6 Å². The van der Waals surface area contributed by atoms with E-state index in [1.807, 2.05) is 6.07 Å². The second-order valence-corrected chi connectivity index (χ2v) is 6.59. The van der Waals surface area contributed by atoms with Crippen molar-refractivity contribution in [2.75, 3.05) is 19.0 Å². The Morgan fingerprint density at radius 3 is 2.58 bits per heavy atom. The van der Waals surface area contributed by atoms with E-state index >= 15 is 0 Å². The van der Waals surface area contributed by atoms with Gasteiger partial charge in [-0.05, 0) is 38.1 Å². The van der Waals surface area contributed by atoms with Crippen LogP contribution >= 0.6 is 11.6 Å². The average molecular weight is 441 g/mol. The standard InChI is InChI=1S/C21H17ClN4O5/c1-4-30-20(27)15-10-24-17(12-5-7-13(22)8-6-12)25-18(15)26-19-14(9-23)16(11(2)31-19)21(28)29-3/h5-8,10H,4H2,1-3H3,(H,24,25,26). The highest BCUT2D eigenvalue weighted by molar-refractivity contribution is 6.30. The molecule has 1 aromatic carbocycles. The van der Waals surface area contributed by atoms with E-state index in [-0.39, 0.29) is 40.8 Å². The maximum Gasteiger partial charge on any atom is 0.343 e. The first-order valence-electron chi connectivity index (χ1n) is 9.08. The van der Waals surface area contributed by atoms with Crippen LogP contribution in [0.4, 0.5) is 11.7 Å². The number of nitrogens with zero attached hydrogens (tertiary/aromatic N) is 3. The van der Waals surface area contributed by atoms with Crippen molar-refractivity contribution in [2.24, 2.45) is 0 Å². The molecule has 0 atom stereocenters. The minimum Gasteiger partial charge on any atom is -0.465 e. The molecule has 0 aliphatic carbocycles. The summed E-state index contributed by atoms with van der Waals surface area (Å²) >= 11 is 5.93. The lowest BCUT2D eigenvalue weighted by Crippen LogP contribution is -2.11. The topological polar surface area (TPSA) is 127 Å². The monoisotopic (exact) mass is 440 g/mol. The maximum absolute atomic E-state index is 12.4. The third-order valence-electron chi connectivity index (χ3n) is 4.20. The molecule has 0 saturated heterocycles. The molecule has 0 amide bonds. The lowest BCUT2D eigenvalue weighted by molar-refractivity contribution is 0.0525. The van der Waals surface area contributed by atoms with Crippen LogP contribution in [0.15, 0.2) is 34.9 Å². The van der Waals surface area contributed by atoms with Crippen LogP contribution in [-0.2, 0) is 9.47 Å². The number of nitriles is 1. The molecule has 0 bridgehead atoms. The first-order chi connectivity index (χ1) is 14.9. The van der Waals surface area contributed by atoms with Gasteiger partial charge in [-0.2, -0.15) is 5.26 Å². The quantitative estimate of drug-likeness (QED) is 0.558. The Balaban J connectivity index is 2.11. The van der Waals surface area contributed by atoms with Gasteiger partial charge in [-0.3, -0.25) is 0 Å². The second kappa shape index (κ2) is 9.28. The minimum absolute atomic E-state index is 0.0165. The van der Waals surface area contributed by atoms with E-state index in [1.54, 1.807) is 31.2 Å². The fourth-order valence-electron chi connectivity index (χ4n) is 2.77. The highest BCUT2D eigenvalue weighted by Crippen LogP contribution is 2.31. The zero-order valence-corrected chi connectivity index (χ0v) is 17.6. The second-order valence-electron chi connectivity index (χ2n) is 6.15. The van der Waals surface area contributed by atoms with Crippen molar-refractivity contribution in [3.05, 3.63) is 57.9 Å². The van der Waals surface area contributed by atoms with Crippen LogP contribution in [0.2, 0.25) is 5.02 Å². The van der Waals surface area contributed by atoms with E-state index in [0.717, 1.165) is 0 Å². The van der Waals surface area contributed by atoms with Gasteiger partial charge in [0.2, 0.25) is 5.88 Å².